The lowest BCUT2D eigenvalue weighted by molar-refractivity contribution is 0.251. The number of ether oxygens (including phenoxy) is 1. The number of rotatable bonds is 3. The van der Waals surface area contributed by atoms with Gasteiger partial charge in [-0.25, -0.2) is 0 Å². The van der Waals surface area contributed by atoms with Crippen LogP contribution in [0.5, 0.6) is 0 Å². The summed E-state index contributed by atoms with van der Waals surface area (Å²) in [6.45, 7) is 0.789. The highest BCUT2D eigenvalue weighted by atomic mass is 35.5. The third-order valence-electron chi connectivity index (χ3n) is 4.66. The van der Waals surface area contributed by atoms with Gasteiger partial charge in [0.1, 0.15) is 5.60 Å². The lowest BCUT2D eigenvalue weighted by Gasteiger charge is -2.25. The Morgan fingerprint density at radius 3 is 1.60 bits per heavy atom. The molecule has 4 rings (SSSR count). The molecule has 1 saturated heterocycles. The van der Waals surface area contributed by atoms with E-state index in [1.54, 1.807) is 0 Å². The molecule has 0 bridgehead atoms. The summed E-state index contributed by atoms with van der Waals surface area (Å²) in [5, 5.41) is 1.54. The summed E-state index contributed by atoms with van der Waals surface area (Å²) in [4.78, 5) is 0. The fraction of sp³-hybridized carbons (Fsp3) is 0.294. The zero-order valence-electron chi connectivity index (χ0n) is 10.9. The highest BCUT2D eigenvalue weighted by molar-refractivity contribution is 6.30. The molecule has 1 aliphatic carbocycles. The summed E-state index contributed by atoms with van der Waals surface area (Å²) in [5.41, 5.74) is 2.51. The van der Waals surface area contributed by atoms with Gasteiger partial charge in [-0.15, -0.1) is 0 Å². The minimum Gasteiger partial charge on any atom is -0.364 e. The van der Waals surface area contributed by atoms with Gasteiger partial charge < -0.3 is 4.74 Å². The number of hydrogen-bond acceptors (Lipinski definition) is 1. The molecule has 1 unspecified atom stereocenters. The predicted molar refractivity (Wildman–Crippen MR) is 81.4 cm³/mol. The molecule has 0 N–H and O–H groups in total. The quantitative estimate of drug-likeness (QED) is 0.731. The van der Waals surface area contributed by atoms with Gasteiger partial charge in [0.25, 0.3) is 0 Å². The van der Waals surface area contributed by atoms with E-state index in [2.05, 4.69) is 24.3 Å². The van der Waals surface area contributed by atoms with Gasteiger partial charge in [-0.3, -0.25) is 0 Å². The maximum atomic E-state index is 6.00. The van der Waals surface area contributed by atoms with Gasteiger partial charge in [-0.05, 0) is 48.2 Å². The van der Waals surface area contributed by atoms with Crippen molar-refractivity contribution in [2.24, 2.45) is 0 Å². The highest BCUT2D eigenvalue weighted by Gasteiger charge is 2.69. The van der Waals surface area contributed by atoms with E-state index >= 15 is 0 Å². The van der Waals surface area contributed by atoms with E-state index in [9.17, 15) is 0 Å². The normalized spacial score (nSPS) is 26.3. The van der Waals surface area contributed by atoms with Crippen LogP contribution in [-0.4, -0.2) is 6.61 Å². The van der Waals surface area contributed by atoms with Crippen molar-refractivity contribution in [2.45, 2.75) is 23.9 Å². The van der Waals surface area contributed by atoms with Crippen molar-refractivity contribution in [3.8, 4) is 0 Å². The SMILES string of the molecule is Clc1ccc(C2(C3(c4ccc(Cl)cc4)CO3)CC2)cc1. The first-order chi connectivity index (χ1) is 9.66. The van der Waals surface area contributed by atoms with Crippen LogP contribution in [0.15, 0.2) is 48.5 Å². The van der Waals surface area contributed by atoms with Crippen molar-refractivity contribution in [2.75, 3.05) is 6.61 Å². The highest BCUT2D eigenvalue weighted by Crippen LogP contribution is 2.66. The first kappa shape index (κ1) is 12.7. The Kier molecular flexibility index (Phi) is 2.69. The number of epoxide rings is 1. The molecule has 20 heavy (non-hydrogen) atoms. The standard InChI is InChI=1S/C17H14Cl2O/c18-14-5-1-12(2-6-14)16(9-10-16)17(11-20-17)13-3-7-15(19)8-4-13/h1-8H,9-11H2. The molecule has 1 atom stereocenters. The largest absolute Gasteiger partial charge is 0.364 e. The van der Waals surface area contributed by atoms with Crippen LogP contribution in [0.4, 0.5) is 0 Å². The first-order valence-corrected chi connectivity index (χ1v) is 7.58. The van der Waals surface area contributed by atoms with Crippen LogP contribution < -0.4 is 0 Å². The molecule has 1 nitrogen and oxygen atoms in total. The number of benzene rings is 2. The molecule has 2 aliphatic rings. The lowest BCUT2D eigenvalue weighted by atomic mass is 9.78. The van der Waals surface area contributed by atoms with Crippen LogP contribution in [-0.2, 0) is 15.8 Å². The van der Waals surface area contributed by atoms with E-state index in [4.69, 9.17) is 27.9 Å². The fourth-order valence-corrected chi connectivity index (χ4v) is 3.58. The van der Waals surface area contributed by atoms with Gasteiger partial charge in [-0.1, -0.05) is 47.5 Å². The number of hydrogen-bond donors (Lipinski definition) is 0. The van der Waals surface area contributed by atoms with E-state index < -0.39 is 0 Å². The summed E-state index contributed by atoms with van der Waals surface area (Å²) < 4.78 is 5.96. The third-order valence-corrected chi connectivity index (χ3v) is 5.17. The molecule has 1 saturated carbocycles. The van der Waals surface area contributed by atoms with E-state index in [-0.39, 0.29) is 11.0 Å². The zero-order chi connectivity index (χ0) is 13.8. The van der Waals surface area contributed by atoms with Crippen LogP contribution in [0.2, 0.25) is 10.0 Å². The molecular weight excluding hydrogens is 291 g/mol. The van der Waals surface area contributed by atoms with Gasteiger partial charge in [0.15, 0.2) is 0 Å². The fourth-order valence-electron chi connectivity index (χ4n) is 3.33. The molecule has 0 amide bonds. The first-order valence-electron chi connectivity index (χ1n) is 6.82. The molecule has 102 valence electrons. The molecule has 3 heteroatoms. The molecule has 0 spiro atoms. The maximum absolute atomic E-state index is 6.00. The summed E-state index contributed by atoms with van der Waals surface area (Å²) >= 11 is 12.0. The summed E-state index contributed by atoms with van der Waals surface area (Å²) in [5.74, 6) is 0. The van der Waals surface area contributed by atoms with Gasteiger partial charge in [0.05, 0.1) is 6.61 Å². The van der Waals surface area contributed by atoms with E-state index in [1.807, 2.05) is 24.3 Å². The molecule has 1 heterocycles. The summed E-state index contributed by atoms with van der Waals surface area (Å²) in [6.07, 6.45) is 2.33. The molecule has 2 aromatic rings. The van der Waals surface area contributed by atoms with Crippen LogP contribution in [0, 0.1) is 0 Å². The second kappa shape index (κ2) is 4.24. The smallest absolute Gasteiger partial charge is 0.126 e. The zero-order valence-corrected chi connectivity index (χ0v) is 12.4. The number of halogens is 2. The Morgan fingerprint density at radius 1 is 0.750 bits per heavy atom. The Hall–Kier alpha value is -1.02. The molecule has 2 aromatic carbocycles. The Balaban J connectivity index is 1.76. The average Bonchev–Trinajstić information content (AvgIpc) is 3.34. The van der Waals surface area contributed by atoms with Crippen molar-refractivity contribution < 1.29 is 4.74 Å². The van der Waals surface area contributed by atoms with Crippen LogP contribution in [0.1, 0.15) is 24.0 Å². The van der Waals surface area contributed by atoms with E-state index in [1.165, 1.54) is 11.1 Å². The second-order valence-electron chi connectivity index (χ2n) is 5.71. The van der Waals surface area contributed by atoms with Crippen LogP contribution >= 0.6 is 23.2 Å². The average molecular weight is 305 g/mol. The Bertz CT molecular complexity index is 578. The van der Waals surface area contributed by atoms with Gasteiger partial charge in [-0.2, -0.15) is 0 Å². The van der Waals surface area contributed by atoms with Crippen molar-refractivity contribution >= 4 is 23.2 Å². The van der Waals surface area contributed by atoms with Crippen molar-refractivity contribution in [1.82, 2.24) is 0 Å². The minimum atomic E-state index is -0.161. The second-order valence-corrected chi connectivity index (χ2v) is 6.58. The molecule has 0 aromatic heterocycles. The van der Waals surface area contributed by atoms with Crippen LogP contribution in [0.25, 0.3) is 0 Å². The molecule has 1 aliphatic heterocycles. The summed E-state index contributed by atoms with van der Waals surface area (Å²) in [7, 11) is 0. The Labute approximate surface area is 128 Å². The molecule has 2 fully saturated rings. The predicted octanol–water partition coefficient (Wildman–Crippen LogP) is 4.95. The minimum absolute atomic E-state index is 0.116. The Morgan fingerprint density at radius 2 is 1.20 bits per heavy atom. The van der Waals surface area contributed by atoms with Gasteiger partial charge in [0, 0.05) is 15.5 Å². The van der Waals surface area contributed by atoms with Crippen molar-refractivity contribution in [1.29, 1.82) is 0 Å². The maximum Gasteiger partial charge on any atom is 0.126 e. The van der Waals surface area contributed by atoms with E-state index in [0.717, 1.165) is 29.5 Å². The van der Waals surface area contributed by atoms with Crippen LogP contribution in [0.3, 0.4) is 0 Å². The lowest BCUT2D eigenvalue weighted by Crippen LogP contribution is -2.27. The summed E-state index contributed by atoms with van der Waals surface area (Å²) in [6, 6.07) is 16.3. The van der Waals surface area contributed by atoms with E-state index in [0.29, 0.717) is 0 Å². The molecular formula is C17H14Cl2O. The topological polar surface area (TPSA) is 12.5 Å². The van der Waals surface area contributed by atoms with Crippen molar-refractivity contribution in [3.63, 3.8) is 0 Å². The third kappa shape index (κ3) is 1.74. The van der Waals surface area contributed by atoms with Gasteiger partial charge >= 0.3 is 0 Å². The monoisotopic (exact) mass is 304 g/mol. The van der Waals surface area contributed by atoms with Gasteiger partial charge in [0.2, 0.25) is 0 Å². The van der Waals surface area contributed by atoms with Crippen molar-refractivity contribution in [3.05, 3.63) is 69.7 Å². The molecule has 0 radical (unpaired) electrons.